The summed E-state index contributed by atoms with van der Waals surface area (Å²) in [6.07, 6.45) is -0.879. The molecular formula is C15H14ClFN2O2. The van der Waals surface area contributed by atoms with Crippen LogP contribution in [0.2, 0.25) is 5.02 Å². The van der Waals surface area contributed by atoms with Gasteiger partial charge < -0.3 is 15.8 Å². The van der Waals surface area contributed by atoms with Crippen molar-refractivity contribution in [3.63, 3.8) is 0 Å². The van der Waals surface area contributed by atoms with E-state index in [1.54, 1.807) is 24.3 Å². The second-order valence-electron chi connectivity index (χ2n) is 4.42. The minimum absolute atomic E-state index is 0.0172. The Kier molecular flexibility index (Phi) is 4.65. The first-order valence-corrected chi connectivity index (χ1v) is 6.62. The quantitative estimate of drug-likeness (QED) is 0.850. The molecule has 0 aliphatic heterocycles. The Balaban J connectivity index is 2.04. The van der Waals surface area contributed by atoms with Crippen molar-refractivity contribution in [1.29, 1.82) is 0 Å². The maximum atomic E-state index is 13.5. The second kappa shape index (κ2) is 6.45. The maximum Gasteiger partial charge on any atom is 0.265 e. The molecule has 0 saturated heterocycles. The van der Waals surface area contributed by atoms with Crippen molar-refractivity contribution in [2.45, 2.75) is 13.0 Å². The van der Waals surface area contributed by atoms with Crippen molar-refractivity contribution < 1.29 is 13.9 Å². The largest absolute Gasteiger partial charge is 0.478 e. The highest BCUT2D eigenvalue weighted by Gasteiger charge is 2.17. The molecule has 2 aromatic carbocycles. The lowest BCUT2D eigenvalue weighted by Crippen LogP contribution is -2.30. The van der Waals surface area contributed by atoms with Crippen LogP contribution in [0.1, 0.15) is 6.92 Å². The van der Waals surface area contributed by atoms with E-state index in [1.165, 1.54) is 25.1 Å². The molecule has 0 radical (unpaired) electrons. The fourth-order valence-corrected chi connectivity index (χ4v) is 1.89. The number of nitrogens with one attached hydrogen (secondary N) is 1. The first-order chi connectivity index (χ1) is 9.97. The molecule has 0 spiro atoms. The van der Waals surface area contributed by atoms with Gasteiger partial charge in [0.1, 0.15) is 0 Å². The number of carbonyl (C=O) groups is 1. The third kappa shape index (κ3) is 3.86. The van der Waals surface area contributed by atoms with Gasteiger partial charge >= 0.3 is 0 Å². The molecule has 21 heavy (non-hydrogen) atoms. The van der Waals surface area contributed by atoms with Gasteiger partial charge in [0.05, 0.1) is 10.7 Å². The first kappa shape index (κ1) is 15.1. The van der Waals surface area contributed by atoms with Gasteiger partial charge in [0.2, 0.25) is 0 Å². The number of halogens is 2. The third-order valence-corrected chi connectivity index (χ3v) is 3.07. The van der Waals surface area contributed by atoms with Gasteiger partial charge in [0.15, 0.2) is 17.7 Å². The molecule has 2 rings (SSSR count). The number of rotatable bonds is 4. The van der Waals surface area contributed by atoms with Gasteiger partial charge in [0.25, 0.3) is 5.91 Å². The SMILES string of the molecule is CC(Oc1ccccc1F)C(=O)Nc1ccc(N)cc1Cl. The molecular weight excluding hydrogens is 295 g/mol. The van der Waals surface area contributed by atoms with Crippen LogP contribution in [-0.2, 0) is 4.79 Å². The smallest absolute Gasteiger partial charge is 0.265 e. The molecule has 0 saturated carbocycles. The van der Waals surface area contributed by atoms with E-state index in [-0.39, 0.29) is 5.75 Å². The normalized spacial score (nSPS) is 11.8. The molecule has 0 fully saturated rings. The number of hydrogen-bond acceptors (Lipinski definition) is 3. The number of anilines is 2. The minimum Gasteiger partial charge on any atom is -0.478 e. The molecule has 1 amide bonds. The summed E-state index contributed by atoms with van der Waals surface area (Å²) in [4.78, 5) is 12.0. The summed E-state index contributed by atoms with van der Waals surface area (Å²) in [5.74, 6) is -0.948. The van der Waals surface area contributed by atoms with E-state index in [0.717, 1.165) is 0 Å². The van der Waals surface area contributed by atoms with Crippen LogP contribution >= 0.6 is 11.6 Å². The Morgan fingerprint density at radius 2 is 2.05 bits per heavy atom. The molecule has 0 heterocycles. The van der Waals surface area contributed by atoms with Gasteiger partial charge in [0, 0.05) is 5.69 Å². The molecule has 3 N–H and O–H groups in total. The van der Waals surface area contributed by atoms with E-state index in [4.69, 9.17) is 22.1 Å². The van der Waals surface area contributed by atoms with Crippen LogP contribution in [0.15, 0.2) is 42.5 Å². The van der Waals surface area contributed by atoms with Crippen molar-refractivity contribution in [3.05, 3.63) is 53.3 Å². The number of ether oxygens (including phenoxy) is 1. The van der Waals surface area contributed by atoms with E-state index >= 15 is 0 Å². The first-order valence-electron chi connectivity index (χ1n) is 6.24. The summed E-state index contributed by atoms with van der Waals surface area (Å²) in [6, 6.07) is 10.6. The number of para-hydroxylation sites is 1. The van der Waals surface area contributed by atoms with Crippen LogP contribution < -0.4 is 15.8 Å². The zero-order valence-electron chi connectivity index (χ0n) is 11.3. The molecule has 0 aliphatic carbocycles. The van der Waals surface area contributed by atoms with Crippen molar-refractivity contribution >= 4 is 28.9 Å². The highest BCUT2D eigenvalue weighted by Crippen LogP contribution is 2.24. The summed E-state index contributed by atoms with van der Waals surface area (Å²) in [7, 11) is 0. The Morgan fingerprint density at radius 1 is 1.33 bits per heavy atom. The summed E-state index contributed by atoms with van der Waals surface area (Å²) in [6.45, 7) is 1.52. The van der Waals surface area contributed by atoms with E-state index in [1.807, 2.05) is 0 Å². The Hall–Kier alpha value is -2.27. The zero-order chi connectivity index (χ0) is 15.4. The van der Waals surface area contributed by atoms with E-state index in [0.29, 0.717) is 16.4 Å². The predicted molar refractivity (Wildman–Crippen MR) is 81.0 cm³/mol. The van der Waals surface area contributed by atoms with E-state index in [2.05, 4.69) is 5.32 Å². The Labute approximate surface area is 126 Å². The standard InChI is InChI=1S/C15H14ClFN2O2/c1-9(21-14-5-3-2-4-12(14)17)15(20)19-13-7-6-10(18)8-11(13)16/h2-9H,18H2,1H3,(H,19,20). The maximum absolute atomic E-state index is 13.5. The molecule has 6 heteroatoms. The van der Waals surface area contributed by atoms with E-state index < -0.39 is 17.8 Å². The van der Waals surface area contributed by atoms with Gasteiger partial charge in [-0.2, -0.15) is 0 Å². The Morgan fingerprint density at radius 3 is 2.71 bits per heavy atom. The lowest BCUT2D eigenvalue weighted by atomic mass is 10.2. The van der Waals surface area contributed by atoms with Crippen molar-refractivity contribution in [2.24, 2.45) is 0 Å². The summed E-state index contributed by atoms with van der Waals surface area (Å²) in [5, 5.41) is 2.92. The molecule has 1 unspecified atom stereocenters. The third-order valence-electron chi connectivity index (χ3n) is 2.76. The molecule has 0 aliphatic rings. The number of hydrogen-bond donors (Lipinski definition) is 2. The van der Waals surface area contributed by atoms with Crippen LogP contribution in [-0.4, -0.2) is 12.0 Å². The lowest BCUT2D eigenvalue weighted by Gasteiger charge is -2.15. The average molecular weight is 309 g/mol. The average Bonchev–Trinajstić information content (AvgIpc) is 2.44. The van der Waals surface area contributed by atoms with Gasteiger partial charge in [-0.15, -0.1) is 0 Å². The Bertz CT molecular complexity index is 664. The monoisotopic (exact) mass is 308 g/mol. The molecule has 2 aromatic rings. The fraction of sp³-hybridized carbons (Fsp3) is 0.133. The van der Waals surface area contributed by atoms with E-state index in [9.17, 15) is 9.18 Å². The van der Waals surface area contributed by atoms with Crippen LogP contribution in [0, 0.1) is 5.82 Å². The summed E-state index contributed by atoms with van der Waals surface area (Å²) in [5.41, 5.74) is 6.48. The van der Waals surface area contributed by atoms with Crippen LogP contribution in [0.25, 0.3) is 0 Å². The predicted octanol–water partition coefficient (Wildman–Crippen LogP) is 3.47. The van der Waals surface area contributed by atoms with Crippen LogP contribution in [0.3, 0.4) is 0 Å². The number of benzene rings is 2. The van der Waals surface area contributed by atoms with Crippen LogP contribution in [0.4, 0.5) is 15.8 Å². The van der Waals surface area contributed by atoms with Crippen molar-refractivity contribution in [1.82, 2.24) is 0 Å². The lowest BCUT2D eigenvalue weighted by molar-refractivity contribution is -0.122. The number of nitrogen functional groups attached to an aromatic ring is 1. The molecule has 110 valence electrons. The zero-order valence-corrected chi connectivity index (χ0v) is 12.0. The highest BCUT2D eigenvalue weighted by atomic mass is 35.5. The van der Waals surface area contributed by atoms with Gasteiger partial charge in [-0.1, -0.05) is 23.7 Å². The number of amides is 1. The van der Waals surface area contributed by atoms with Crippen molar-refractivity contribution in [2.75, 3.05) is 11.1 Å². The summed E-state index contributed by atoms with van der Waals surface area (Å²) < 4.78 is 18.7. The minimum atomic E-state index is -0.879. The van der Waals surface area contributed by atoms with Gasteiger partial charge in [-0.3, -0.25) is 4.79 Å². The number of carbonyl (C=O) groups excluding carboxylic acids is 1. The topological polar surface area (TPSA) is 64.3 Å². The van der Waals surface area contributed by atoms with Crippen LogP contribution in [0.5, 0.6) is 5.75 Å². The second-order valence-corrected chi connectivity index (χ2v) is 4.83. The number of nitrogens with two attached hydrogens (primary N) is 1. The molecule has 0 bridgehead atoms. The summed E-state index contributed by atoms with van der Waals surface area (Å²) >= 11 is 5.97. The van der Waals surface area contributed by atoms with Gasteiger partial charge in [-0.25, -0.2) is 4.39 Å². The highest BCUT2D eigenvalue weighted by molar-refractivity contribution is 6.34. The van der Waals surface area contributed by atoms with Gasteiger partial charge in [-0.05, 0) is 37.3 Å². The molecule has 1 atom stereocenters. The molecule has 4 nitrogen and oxygen atoms in total. The van der Waals surface area contributed by atoms with Crippen molar-refractivity contribution in [3.8, 4) is 5.75 Å². The fourth-order valence-electron chi connectivity index (χ4n) is 1.65. The molecule has 0 aromatic heterocycles.